The van der Waals surface area contributed by atoms with Crippen LogP contribution in [0.15, 0.2) is 18.2 Å². The minimum atomic E-state index is -0.213. The van der Waals surface area contributed by atoms with E-state index in [0.717, 1.165) is 18.7 Å². The van der Waals surface area contributed by atoms with Crippen LogP contribution in [0.5, 0.6) is 11.5 Å². The van der Waals surface area contributed by atoms with Gasteiger partial charge in [-0.15, -0.1) is 0 Å². The van der Waals surface area contributed by atoms with Crippen LogP contribution in [0.25, 0.3) is 0 Å². The number of carbonyl (C=O) groups excluding carboxylic acids is 1. The van der Waals surface area contributed by atoms with E-state index in [4.69, 9.17) is 0 Å². The first-order valence-electron chi connectivity index (χ1n) is 6.29. The molecule has 0 aliphatic carbocycles. The number of hydrogen-bond acceptors (Lipinski definition) is 5. The van der Waals surface area contributed by atoms with Crippen LogP contribution in [0, 0.1) is 0 Å². The van der Waals surface area contributed by atoms with E-state index < -0.39 is 0 Å². The second kappa shape index (κ2) is 5.90. The molecule has 19 heavy (non-hydrogen) atoms. The maximum atomic E-state index is 11.8. The fourth-order valence-electron chi connectivity index (χ4n) is 2.26. The zero-order valence-corrected chi connectivity index (χ0v) is 10.9. The maximum Gasteiger partial charge on any atom is 0.238 e. The van der Waals surface area contributed by atoms with Gasteiger partial charge in [-0.1, -0.05) is 6.07 Å². The number of amides is 1. The topological polar surface area (TPSA) is 84.8 Å². The summed E-state index contributed by atoms with van der Waals surface area (Å²) in [6, 6.07) is 4.52. The summed E-state index contributed by atoms with van der Waals surface area (Å²) in [4.78, 5) is 13.9. The zero-order chi connectivity index (χ0) is 13.8. The number of likely N-dealkylation sites (N-methyl/N-ethyl adjacent to an activating group) is 1. The number of nitrogens with one attached hydrogen (secondary N) is 2. The van der Waals surface area contributed by atoms with E-state index in [2.05, 4.69) is 15.5 Å². The molecule has 0 radical (unpaired) electrons. The Morgan fingerprint density at radius 3 is 2.95 bits per heavy atom. The average molecular weight is 265 g/mol. The summed E-state index contributed by atoms with van der Waals surface area (Å²) in [6.45, 7) is 2.77. The molecule has 1 unspecified atom stereocenters. The van der Waals surface area contributed by atoms with E-state index in [1.54, 1.807) is 13.1 Å². The van der Waals surface area contributed by atoms with Crippen LogP contribution in [0.4, 0.5) is 0 Å². The van der Waals surface area contributed by atoms with Gasteiger partial charge in [0.15, 0.2) is 11.5 Å². The van der Waals surface area contributed by atoms with E-state index in [1.165, 1.54) is 12.1 Å². The highest BCUT2D eigenvalue weighted by Crippen LogP contribution is 2.25. The van der Waals surface area contributed by atoms with Gasteiger partial charge in [0.05, 0.1) is 0 Å². The Labute approximate surface area is 112 Å². The number of aromatic hydroxyl groups is 2. The molecule has 0 saturated carbocycles. The van der Waals surface area contributed by atoms with Crippen molar-refractivity contribution in [1.82, 2.24) is 15.5 Å². The van der Waals surface area contributed by atoms with E-state index in [0.29, 0.717) is 13.1 Å². The van der Waals surface area contributed by atoms with Crippen LogP contribution >= 0.6 is 0 Å². The molecule has 0 bridgehead atoms. The second-order valence-electron chi connectivity index (χ2n) is 4.63. The minimum Gasteiger partial charge on any atom is -0.504 e. The molecule has 4 N–H and O–H groups in total. The molecule has 0 aromatic heterocycles. The number of carbonyl (C=O) groups is 1. The van der Waals surface area contributed by atoms with Crippen molar-refractivity contribution in [3.63, 3.8) is 0 Å². The number of phenols is 2. The van der Waals surface area contributed by atoms with Gasteiger partial charge in [-0.3, -0.25) is 9.69 Å². The first-order valence-corrected chi connectivity index (χ1v) is 6.29. The predicted octanol–water partition coefficient (Wildman–Crippen LogP) is -0.382. The van der Waals surface area contributed by atoms with Gasteiger partial charge in [-0.05, 0) is 17.7 Å². The highest BCUT2D eigenvalue weighted by molar-refractivity contribution is 5.81. The van der Waals surface area contributed by atoms with Crippen molar-refractivity contribution in [2.45, 2.75) is 12.6 Å². The summed E-state index contributed by atoms with van der Waals surface area (Å²) in [6.07, 6.45) is 0. The van der Waals surface area contributed by atoms with Crippen molar-refractivity contribution in [3.05, 3.63) is 23.8 Å². The third-order valence-electron chi connectivity index (χ3n) is 3.33. The Balaban J connectivity index is 2.10. The van der Waals surface area contributed by atoms with Crippen molar-refractivity contribution in [1.29, 1.82) is 0 Å². The average Bonchev–Trinajstić information content (AvgIpc) is 2.43. The molecule has 1 heterocycles. The van der Waals surface area contributed by atoms with Gasteiger partial charge in [0, 0.05) is 33.2 Å². The fraction of sp³-hybridized carbons (Fsp3) is 0.462. The highest BCUT2D eigenvalue weighted by atomic mass is 16.3. The SMILES string of the molecule is CNC(=O)C1CNCCN1Cc1ccc(O)c(O)c1. The lowest BCUT2D eigenvalue weighted by Gasteiger charge is -2.34. The quantitative estimate of drug-likeness (QED) is 0.560. The molecule has 1 saturated heterocycles. The lowest BCUT2D eigenvalue weighted by molar-refractivity contribution is -0.126. The zero-order valence-electron chi connectivity index (χ0n) is 10.9. The predicted molar refractivity (Wildman–Crippen MR) is 70.9 cm³/mol. The molecule has 1 atom stereocenters. The molecule has 1 aromatic carbocycles. The van der Waals surface area contributed by atoms with Crippen LogP contribution in [0.2, 0.25) is 0 Å². The molecule has 1 aromatic rings. The Morgan fingerprint density at radius 1 is 1.47 bits per heavy atom. The van der Waals surface area contributed by atoms with Crippen LogP contribution in [-0.2, 0) is 11.3 Å². The molecule has 104 valence electrons. The van der Waals surface area contributed by atoms with E-state index in [9.17, 15) is 15.0 Å². The summed E-state index contributed by atoms with van der Waals surface area (Å²) in [5, 5.41) is 24.6. The summed E-state index contributed by atoms with van der Waals surface area (Å²) in [7, 11) is 1.63. The van der Waals surface area contributed by atoms with Crippen molar-refractivity contribution in [3.8, 4) is 11.5 Å². The fourth-order valence-corrected chi connectivity index (χ4v) is 2.26. The molecule has 1 amide bonds. The summed E-state index contributed by atoms with van der Waals surface area (Å²) < 4.78 is 0. The van der Waals surface area contributed by atoms with Gasteiger partial charge in [-0.2, -0.15) is 0 Å². The number of piperazine rings is 1. The lowest BCUT2D eigenvalue weighted by atomic mass is 10.1. The molecule has 1 aliphatic heterocycles. The molecular formula is C13H19N3O3. The van der Waals surface area contributed by atoms with Gasteiger partial charge in [0.2, 0.25) is 5.91 Å². The van der Waals surface area contributed by atoms with Crippen LogP contribution in [0.3, 0.4) is 0 Å². The summed E-state index contributed by atoms with van der Waals surface area (Å²) in [5.74, 6) is -0.286. The molecule has 0 spiro atoms. The van der Waals surface area contributed by atoms with Crippen LogP contribution < -0.4 is 10.6 Å². The number of benzene rings is 1. The third kappa shape index (κ3) is 3.15. The molecule has 1 aliphatic rings. The Morgan fingerprint density at radius 2 is 2.26 bits per heavy atom. The summed E-state index contributed by atoms with van der Waals surface area (Å²) >= 11 is 0. The number of hydrogen-bond donors (Lipinski definition) is 4. The summed E-state index contributed by atoms with van der Waals surface area (Å²) in [5.41, 5.74) is 0.867. The molecular weight excluding hydrogens is 246 g/mol. The number of rotatable bonds is 3. The van der Waals surface area contributed by atoms with Gasteiger partial charge < -0.3 is 20.8 Å². The van der Waals surface area contributed by atoms with Crippen molar-refractivity contribution in [2.75, 3.05) is 26.7 Å². The number of nitrogens with zero attached hydrogens (tertiary/aromatic N) is 1. The standard InChI is InChI=1S/C13H19N3O3/c1-14-13(19)10-7-15-4-5-16(10)8-9-2-3-11(17)12(18)6-9/h2-3,6,10,15,17-18H,4-5,7-8H2,1H3,(H,14,19). The molecule has 6 nitrogen and oxygen atoms in total. The molecule has 2 rings (SSSR count). The van der Waals surface area contributed by atoms with Crippen LogP contribution in [0.1, 0.15) is 5.56 Å². The largest absolute Gasteiger partial charge is 0.504 e. The third-order valence-corrected chi connectivity index (χ3v) is 3.33. The van der Waals surface area contributed by atoms with E-state index >= 15 is 0 Å². The minimum absolute atomic E-state index is 0.0183. The van der Waals surface area contributed by atoms with Gasteiger partial charge in [-0.25, -0.2) is 0 Å². The maximum absolute atomic E-state index is 11.8. The van der Waals surface area contributed by atoms with Crippen molar-refractivity contribution in [2.24, 2.45) is 0 Å². The molecule has 6 heteroatoms. The van der Waals surface area contributed by atoms with Crippen molar-refractivity contribution >= 4 is 5.91 Å². The van der Waals surface area contributed by atoms with Crippen molar-refractivity contribution < 1.29 is 15.0 Å². The second-order valence-corrected chi connectivity index (χ2v) is 4.63. The number of phenolic OH excluding ortho intramolecular Hbond substituents is 2. The monoisotopic (exact) mass is 265 g/mol. The van der Waals surface area contributed by atoms with Gasteiger partial charge in [0.25, 0.3) is 0 Å². The first-order chi connectivity index (χ1) is 9.11. The normalized spacial score (nSPS) is 20.2. The first kappa shape index (κ1) is 13.6. The van der Waals surface area contributed by atoms with E-state index in [1.807, 2.05) is 0 Å². The smallest absolute Gasteiger partial charge is 0.238 e. The van der Waals surface area contributed by atoms with Gasteiger partial charge >= 0.3 is 0 Å². The highest BCUT2D eigenvalue weighted by Gasteiger charge is 2.27. The Hall–Kier alpha value is -1.79. The lowest BCUT2D eigenvalue weighted by Crippen LogP contribution is -2.56. The molecule has 1 fully saturated rings. The van der Waals surface area contributed by atoms with Crippen LogP contribution in [-0.4, -0.2) is 53.7 Å². The van der Waals surface area contributed by atoms with E-state index in [-0.39, 0.29) is 23.4 Å². The van der Waals surface area contributed by atoms with Gasteiger partial charge in [0.1, 0.15) is 6.04 Å². The Kier molecular flexibility index (Phi) is 4.24. The Bertz CT molecular complexity index is 464.